The largest absolute Gasteiger partial charge is 0.472 e. The van der Waals surface area contributed by atoms with Crippen LogP contribution in [0.25, 0.3) is 11.4 Å². The van der Waals surface area contributed by atoms with Crippen molar-refractivity contribution in [3.63, 3.8) is 0 Å². The van der Waals surface area contributed by atoms with Gasteiger partial charge in [0.1, 0.15) is 17.9 Å². The molecule has 3 aromatic rings. The molecule has 1 aliphatic rings. The number of rotatable bonds is 6. The minimum absolute atomic E-state index is 0.555. The molecule has 4 rings (SSSR count). The van der Waals surface area contributed by atoms with E-state index in [0.717, 1.165) is 49.6 Å². The Morgan fingerprint density at radius 1 is 1.38 bits per heavy atom. The fraction of sp³-hybridized carbons (Fsp3) is 0.500. The van der Waals surface area contributed by atoms with Crippen molar-refractivity contribution in [3.05, 3.63) is 36.1 Å². The van der Waals surface area contributed by atoms with E-state index >= 15 is 0 Å². The van der Waals surface area contributed by atoms with E-state index in [2.05, 4.69) is 37.1 Å². The second-order valence-electron chi connectivity index (χ2n) is 6.06. The van der Waals surface area contributed by atoms with Crippen molar-refractivity contribution in [3.8, 4) is 11.4 Å². The molecule has 0 amide bonds. The van der Waals surface area contributed by atoms with Gasteiger partial charge < -0.3 is 18.8 Å². The smallest absolute Gasteiger partial charge is 0.240 e. The van der Waals surface area contributed by atoms with Gasteiger partial charge in [0, 0.05) is 25.9 Å². The van der Waals surface area contributed by atoms with Crippen molar-refractivity contribution in [2.45, 2.75) is 39.3 Å². The molecule has 0 saturated heterocycles. The monoisotopic (exact) mass is 328 g/mol. The van der Waals surface area contributed by atoms with Gasteiger partial charge in [-0.15, -0.1) is 10.2 Å². The third kappa shape index (κ3) is 2.96. The van der Waals surface area contributed by atoms with Crippen LogP contribution in [0.2, 0.25) is 0 Å². The summed E-state index contributed by atoms with van der Waals surface area (Å²) in [6.45, 7) is 4.57. The third-order valence-corrected chi connectivity index (χ3v) is 4.39. The lowest BCUT2D eigenvalue weighted by Gasteiger charge is -2.24. The Morgan fingerprint density at radius 2 is 2.33 bits per heavy atom. The van der Waals surface area contributed by atoms with Crippen molar-refractivity contribution in [1.29, 1.82) is 0 Å². The molecular weight excluding hydrogens is 308 g/mol. The van der Waals surface area contributed by atoms with Crippen LogP contribution < -0.4 is 5.32 Å². The molecule has 0 bridgehead atoms. The van der Waals surface area contributed by atoms with Crippen molar-refractivity contribution < 1.29 is 8.94 Å². The maximum absolute atomic E-state index is 5.27. The van der Waals surface area contributed by atoms with Gasteiger partial charge in [-0.3, -0.25) is 0 Å². The highest BCUT2D eigenvalue weighted by Gasteiger charge is 2.22. The summed E-state index contributed by atoms with van der Waals surface area (Å²) >= 11 is 0. The zero-order chi connectivity index (χ0) is 16.4. The first-order valence-corrected chi connectivity index (χ1v) is 8.30. The Bertz CT molecular complexity index is 778. The normalized spacial score (nSPS) is 17.1. The van der Waals surface area contributed by atoms with Gasteiger partial charge in [0.15, 0.2) is 0 Å². The van der Waals surface area contributed by atoms with E-state index < -0.39 is 0 Å². The van der Waals surface area contributed by atoms with Crippen molar-refractivity contribution in [2.24, 2.45) is 5.92 Å². The number of hydrogen-bond donors (Lipinski definition) is 1. The van der Waals surface area contributed by atoms with Crippen LogP contribution in [0.1, 0.15) is 30.9 Å². The maximum Gasteiger partial charge on any atom is 0.240 e. The van der Waals surface area contributed by atoms with Crippen molar-refractivity contribution in [1.82, 2.24) is 30.2 Å². The van der Waals surface area contributed by atoms with Gasteiger partial charge in [0.05, 0.1) is 18.4 Å². The van der Waals surface area contributed by atoms with Crippen LogP contribution >= 0.6 is 0 Å². The van der Waals surface area contributed by atoms with E-state index in [0.29, 0.717) is 24.2 Å². The average Bonchev–Trinajstić information content (AvgIpc) is 3.34. The van der Waals surface area contributed by atoms with Crippen molar-refractivity contribution >= 4 is 0 Å². The van der Waals surface area contributed by atoms with Gasteiger partial charge in [-0.1, -0.05) is 12.1 Å². The van der Waals surface area contributed by atoms with Gasteiger partial charge in [-0.2, -0.15) is 4.98 Å². The van der Waals surface area contributed by atoms with E-state index in [1.165, 1.54) is 0 Å². The zero-order valence-electron chi connectivity index (χ0n) is 13.6. The van der Waals surface area contributed by atoms with Crippen LogP contribution in [0.3, 0.4) is 0 Å². The van der Waals surface area contributed by atoms with Crippen LogP contribution in [-0.2, 0) is 25.9 Å². The van der Waals surface area contributed by atoms with Gasteiger partial charge in [0.2, 0.25) is 11.7 Å². The van der Waals surface area contributed by atoms with E-state index in [1.54, 1.807) is 12.5 Å². The lowest BCUT2D eigenvalue weighted by Crippen LogP contribution is -2.30. The lowest BCUT2D eigenvalue weighted by atomic mass is 9.99. The van der Waals surface area contributed by atoms with Crippen LogP contribution in [0, 0.1) is 5.92 Å². The highest BCUT2D eigenvalue weighted by molar-refractivity contribution is 5.51. The summed E-state index contributed by atoms with van der Waals surface area (Å²) in [5.41, 5.74) is 0.824. The number of aromatic nitrogens is 5. The molecule has 0 saturated carbocycles. The molecule has 8 nitrogen and oxygen atoms in total. The minimum Gasteiger partial charge on any atom is -0.472 e. The summed E-state index contributed by atoms with van der Waals surface area (Å²) in [5, 5.41) is 15.9. The van der Waals surface area contributed by atoms with Crippen LogP contribution in [-0.4, -0.2) is 31.4 Å². The molecule has 0 aliphatic carbocycles. The van der Waals surface area contributed by atoms with E-state index in [-0.39, 0.29) is 0 Å². The van der Waals surface area contributed by atoms with Crippen molar-refractivity contribution in [2.75, 3.05) is 6.54 Å². The Balaban J connectivity index is 1.30. The Morgan fingerprint density at radius 3 is 3.17 bits per heavy atom. The van der Waals surface area contributed by atoms with Gasteiger partial charge in [-0.25, -0.2) is 0 Å². The maximum atomic E-state index is 5.27. The quantitative estimate of drug-likeness (QED) is 0.737. The average molecular weight is 328 g/mol. The summed E-state index contributed by atoms with van der Waals surface area (Å²) in [6, 6.07) is 1.81. The lowest BCUT2D eigenvalue weighted by molar-refractivity contribution is 0.324. The first-order chi connectivity index (χ1) is 11.8. The van der Waals surface area contributed by atoms with E-state index in [1.807, 2.05) is 6.07 Å². The SMILES string of the molecule is CCc1nnc2n1C[C@H](CNCc1nc(-c3ccoc3)no1)CC2. The molecule has 1 aliphatic heterocycles. The number of nitrogens with zero attached hydrogens (tertiary/aromatic N) is 5. The van der Waals surface area contributed by atoms with E-state index in [4.69, 9.17) is 8.94 Å². The molecule has 24 heavy (non-hydrogen) atoms. The fourth-order valence-electron chi connectivity index (χ4n) is 3.10. The molecule has 0 unspecified atom stereocenters. The zero-order valence-corrected chi connectivity index (χ0v) is 13.6. The molecule has 4 heterocycles. The number of nitrogens with one attached hydrogen (secondary N) is 1. The standard InChI is InChI=1S/C16H20N6O2/c1-2-13-19-20-14-4-3-11(9-22(13)14)7-17-8-15-18-16(21-24-15)12-5-6-23-10-12/h5-6,10-11,17H,2-4,7-9H2,1H3/t11-/m0/s1. The molecule has 0 aromatic carbocycles. The van der Waals surface area contributed by atoms with Crippen LogP contribution in [0.4, 0.5) is 0 Å². The topological polar surface area (TPSA) is 94.8 Å². The van der Waals surface area contributed by atoms with Gasteiger partial charge in [0.25, 0.3) is 0 Å². The molecule has 8 heteroatoms. The highest BCUT2D eigenvalue weighted by Crippen LogP contribution is 2.20. The Hall–Kier alpha value is -2.48. The first-order valence-electron chi connectivity index (χ1n) is 8.30. The second kappa shape index (κ2) is 6.56. The molecular formula is C16H20N6O2. The highest BCUT2D eigenvalue weighted by atomic mass is 16.5. The molecule has 1 atom stereocenters. The first kappa shape index (κ1) is 15.1. The summed E-state index contributed by atoms with van der Waals surface area (Å²) < 4.78 is 12.6. The van der Waals surface area contributed by atoms with Crippen LogP contribution in [0.15, 0.2) is 27.5 Å². The predicted molar refractivity (Wildman–Crippen MR) is 84.9 cm³/mol. The number of aryl methyl sites for hydroxylation is 2. The molecule has 3 aromatic heterocycles. The van der Waals surface area contributed by atoms with E-state index in [9.17, 15) is 0 Å². The molecule has 1 N–H and O–H groups in total. The molecule has 0 radical (unpaired) electrons. The third-order valence-electron chi connectivity index (χ3n) is 4.39. The number of furan rings is 1. The van der Waals surface area contributed by atoms with Gasteiger partial charge >= 0.3 is 0 Å². The molecule has 0 fully saturated rings. The fourth-order valence-corrected chi connectivity index (χ4v) is 3.10. The molecule has 0 spiro atoms. The Kier molecular flexibility index (Phi) is 4.12. The molecule has 126 valence electrons. The minimum atomic E-state index is 0.555. The number of hydrogen-bond acceptors (Lipinski definition) is 7. The number of fused-ring (bicyclic) bond motifs is 1. The summed E-state index contributed by atoms with van der Waals surface area (Å²) in [5.74, 6) is 3.90. The summed E-state index contributed by atoms with van der Waals surface area (Å²) in [6.07, 6.45) is 6.23. The second-order valence-corrected chi connectivity index (χ2v) is 6.06. The predicted octanol–water partition coefficient (Wildman–Crippen LogP) is 1.84. The van der Waals surface area contributed by atoms with Gasteiger partial charge in [-0.05, 0) is 18.4 Å². The summed E-state index contributed by atoms with van der Waals surface area (Å²) in [7, 11) is 0. The van der Waals surface area contributed by atoms with Crippen LogP contribution in [0.5, 0.6) is 0 Å². The Labute approximate surface area is 139 Å². The summed E-state index contributed by atoms with van der Waals surface area (Å²) in [4.78, 5) is 4.36.